The predicted molar refractivity (Wildman–Crippen MR) is 81.9 cm³/mol. The summed E-state index contributed by atoms with van der Waals surface area (Å²) in [5.41, 5.74) is 1.63. The van der Waals surface area contributed by atoms with Crippen LogP contribution in [0.5, 0.6) is 11.5 Å². The highest BCUT2D eigenvalue weighted by atomic mass is 16.5. The van der Waals surface area contributed by atoms with Gasteiger partial charge in [-0.2, -0.15) is 0 Å². The van der Waals surface area contributed by atoms with Crippen molar-refractivity contribution in [1.82, 2.24) is 0 Å². The lowest BCUT2D eigenvalue weighted by atomic mass is 10.0. The van der Waals surface area contributed by atoms with Gasteiger partial charge in [-0.05, 0) is 17.2 Å². The minimum absolute atomic E-state index is 0.116. The molecule has 2 rings (SSSR count). The van der Waals surface area contributed by atoms with E-state index in [0.29, 0.717) is 11.3 Å². The first-order valence-electron chi connectivity index (χ1n) is 6.38. The van der Waals surface area contributed by atoms with Crippen molar-refractivity contribution >= 4 is 18.1 Å². The Morgan fingerprint density at radius 2 is 1.76 bits per heavy atom. The third kappa shape index (κ3) is 3.42. The Morgan fingerprint density at radius 3 is 2.33 bits per heavy atom. The minimum Gasteiger partial charge on any atom is -0.497 e. The topological polar surface area (TPSA) is 55.8 Å². The van der Waals surface area contributed by atoms with Crippen LogP contribution in [0.4, 0.5) is 0 Å². The summed E-state index contributed by atoms with van der Waals surface area (Å²) in [5, 5.41) is 9.38. The molecule has 21 heavy (non-hydrogen) atoms. The zero-order chi connectivity index (χ0) is 15.2. The number of carboxylic acid groups (broad SMARTS) is 1. The van der Waals surface area contributed by atoms with Crippen LogP contribution < -0.4 is 9.47 Å². The van der Waals surface area contributed by atoms with Crippen LogP contribution in [0.3, 0.4) is 0 Å². The molecule has 0 saturated carbocycles. The van der Waals surface area contributed by atoms with E-state index >= 15 is 0 Å². The molecule has 0 aliphatic heterocycles. The largest absolute Gasteiger partial charge is 0.497 e. The van der Waals surface area contributed by atoms with Crippen molar-refractivity contribution in [3.63, 3.8) is 0 Å². The summed E-state index contributed by atoms with van der Waals surface area (Å²) in [4.78, 5) is 11.5. The number of aromatic carboxylic acids is 1. The second kappa shape index (κ2) is 6.61. The molecule has 4 nitrogen and oxygen atoms in total. The van der Waals surface area contributed by atoms with Gasteiger partial charge in [-0.15, -0.1) is 0 Å². The first kappa shape index (κ1) is 14.7. The number of methoxy groups -OCH3 is 2. The fourth-order valence-electron chi connectivity index (χ4n) is 2.00. The molecule has 1 N–H and O–H groups in total. The third-order valence-corrected chi connectivity index (χ3v) is 3.03. The molecule has 0 bridgehead atoms. The molecule has 4 heteroatoms. The van der Waals surface area contributed by atoms with E-state index < -0.39 is 5.97 Å². The number of rotatable bonds is 5. The number of carbonyl (C=O) groups is 1. The van der Waals surface area contributed by atoms with Crippen molar-refractivity contribution < 1.29 is 19.4 Å². The van der Waals surface area contributed by atoms with E-state index in [0.717, 1.165) is 5.56 Å². The molecule has 2 aromatic carbocycles. The molecule has 0 heterocycles. The second-order valence-corrected chi connectivity index (χ2v) is 4.34. The molecular formula is C17H16O4. The van der Waals surface area contributed by atoms with Crippen LogP contribution in [0.25, 0.3) is 12.2 Å². The molecular weight excluding hydrogens is 268 g/mol. The summed E-state index contributed by atoms with van der Waals surface area (Å²) in [7, 11) is 2.96. The van der Waals surface area contributed by atoms with Gasteiger partial charge in [-0.25, -0.2) is 4.79 Å². The van der Waals surface area contributed by atoms with Crippen molar-refractivity contribution in [3.05, 3.63) is 59.2 Å². The van der Waals surface area contributed by atoms with Gasteiger partial charge in [0, 0.05) is 6.07 Å². The van der Waals surface area contributed by atoms with Crippen molar-refractivity contribution in [3.8, 4) is 11.5 Å². The molecule has 0 aliphatic rings. The van der Waals surface area contributed by atoms with E-state index in [1.807, 2.05) is 36.4 Å². The van der Waals surface area contributed by atoms with Gasteiger partial charge in [-0.3, -0.25) is 0 Å². The quantitative estimate of drug-likeness (QED) is 0.853. The number of hydrogen-bond donors (Lipinski definition) is 1. The van der Waals surface area contributed by atoms with Gasteiger partial charge < -0.3 is 14.6 Å². The van der Waals surface area contributed by atoms with E-state index in [9.17, 15) is 9.90 Å². The molecule has 0 aromatic heterocycles. The number of carboxylic acids is 1. The molecule has 0 aliphatic carbocycles. The van der Waals surface area contributed by atoms with Crippen LogP contribution in [-0.2, 0) is 0 Å². The van der Waals surface area contributed by atoms with E-state index in [1.54, 1.807) is 18.2 Å². The highest BCUT2D eigenvalue weighted by Gasteiger charge is 2.17. The first-order chi connectivity index (χ1) is 10.2. The van der Waals surface area contributed by atoms with E-state index in [2.05, 4.69) is 0 Å². The Labute approximate surface area is 123 Å². The van der Waals surface area contributed by atoms with Gasteiger partial charge in [0.25, 0.3) is 0 Å². The SMILES string of the molecule is COc1cc(/C=C/c2ccccc2)c(C(=O)O)c(OC)c1. The van der Waals surface area contributed by atoms with Crippen LogP contribution in [0.15, 0.2) is 42.5 Å². The van der Waals surface area contributed by atoms with Crippen LogP contribution >= 0.6 is 0 Å². The molecule has 2 aromatic rings. The maximum absolute atomic E-state index is 11.5. The molecule has 0 fully saturated rings. The normalized spacial score (nSPS) is 10.6. The maximum atomic E-state index is 11.5. The van der Waals surface area contributed by atoms with E-state index in [4.69, 9.17) is 9.47 Å². The Bertz CT molecular complexity index is 660. The average molecular weight is 284 g/mol. The Balaban J connectivity index is 2.50. The molecule has 0 unspecified atom stereocenters. The maximum Gasteiger partial charge on any atom is 0.340 e. The van der Waals surface area contributed by atoms with Crippen LogP contribution in [-0.4, -0.2) is 25.3 Å². The lowest BCUT2D eigenvalue weighted by Gasteiger charge is -2.11. The van der Waals surface area contributed by atoms with Crippen molar-refractivity contribution in [2.75, 3.05) is 14.2 Å². The van der Waals surface area contributed by atoms with Gasteiger partial charge in [-0.1, -0.05) is 42.5 Å². The lowest BCUT2D eigenvalue weighted by molar-refractivity contribution is 0.0693. The number of benzene rings is 2. The highest BCUT2D eigenvalue weighted by molar-refractivity contribution is 5.97. The summed E-state index contributed by atoms with van der Waals surface area (Å²) >= 11 is 0. The standard InChI is InChI=1S/C17H16O4/c1-20-14-10-13(9-8-12-6-4-3-5-7-12)16(17(18)19)15(11-14)21-2/h3-11H,1-2H3,(H,18,19)/b9-8+. The van der Waals surface area contributed by atoms with Gasteiger partial charge in [0.2, 0.25) is 0 Å². The van der Waals surface area contributed by atoms with Crippen molar-refractivity contribution in [1.29, 1.82) is 0 Å². The zero-order valence-electron chi connectivity index (χ0n) is 11.9. The number of ether oxygens (including phenoxy) is 2. The second-order valence-electron chi connectivity index (χ2n) is 4.34. The average Bonchev–Trinajstić information content (AvgIpc) is 2.52. The Morgan fingerprint density at radius 1 is 1.05 bits per heavy atom. The fraction of sp³-hybridized carbons (Fsp3) is 0.118. The molecule has 0 amide bonds. The summed E-state index contributed by atoms with van der Waals surface area (Å²) in [6.07, 6.45) is 3.59. The highest BCUT2D eigenvalue weighted by Crippen LogP contribution is 2.30. The van der Waals surface area contributed by atoms with E-state index in [1.165, 1.54) is 14.2 Å². The smallest absolute Gasteiger partial charge is 0.340 e. The van der Waals surface area contributed by atoms with Crippen LogP contribution in [0, 0.1) is 0 Å². The molecule has 0 saturated heterocycles. The Hall–Kier alpha value is -2.75. The van der Waals surface area contributed by atoms with E-state index in [-0.39, 0.29) is 11.3 Å². The summed E-state index contributed by atoms with van der Waals surface area (Å²) in [6, 6.07) is 12.9. The molecule has 0 radical (unpaired) electrons. The van der Waals surface area contributed by atoms with Gasteiger partial charge >= 0.3 is 5.97 Å². The number of hydrogen-bond acceptors (Lipinski definition) is 3. The van der Waals surface area contributed by atoms with Crippen LogP contribution in [0.2, 0.25) is 0 Å². The zero-order valence-corrected chi connectivity index (χ0v) is 11.9. The molecule has 108 valence electrons. The Kier molecular flexibility index (Phi) is 4.61. The monoisotopic (exact) mass is 284 g/mol. The van der Waals surface area contributed by atoms with Crippen molar-refractivity contribution in [2.45, 2.75) is 0 Å². The summed E-state index contributed by atoms with van der Waals surface area (Å²) in [5.74, 6) is -0.221. The van der Waals surface area contributed by atoms with Gasteiger partial charge in [0.05, 0.1) is 14.2 Å². The van der Waals surface area contributed by atoms with Crippen LogP contribution in [0.1, 0.15) is 21.5 Å². The molecule has 0 atom stereocenters. The molecule has 0 spiro atoms. The predicted octanol–water partition coefficient (Wildman–Crippen LogP) is 3.57. The minimum atomic E-state index is -1.04. The fourth-order valence-corrected chi connectivity index (χ4v) is 2.00. The van der Waals surface area contributed by atoms with Gasteiger partial charge in [0.1, 0.15) is 17.1 Å². The van der Waals surface area contributed by atoms with Crippen molar-refractivity contribution in [2.24, 2.45) is 0 Å². The lowest BCUT2D eigenvalue weighted by Crippen LogP contribution is -2.04. The summed E-state index contributed by atoms with van der Waals surface area (Å²) < 4.78 is 10.3. The first-order valence-corrected chi connectivity index (χ1v) is 6.38. The van der Waals surface area contributed by atoms with Gasteiger partial charge in [0.15, 0.2) is 0 Å². The summed E-state index contributed by atoms with van der Waals surface area (Å²) in [6.45, 7) is 0. The third-order valence-electron chi connectivity index (χ3n) is 3.03.